The van der Waals surface area contributed by atoms with E-state index in [1.54, 1.807) is 0 Å². The standard InChI is InChI=1S/C20H22N4O/c1-15-6-8-18(9-7-15)24-10-11-25-20(24)19-14-23(22-21-19)13-17-5-3-4-16(2)12-17/h3-9,12,14,20H,10-11,13H2,1-2H3/t20-/m0/s1. The molecule has 2 heterocycles. The number of anilines is 1. The Morgan fingerprint density at radius 3 is 2.72 bits per heavy atom. The van der Waals surface area contributed by atoms with Gasteiger partial charge in [0, 0.05) is 12.2 Å². The summed E-state index contributed by atoms with van der Waals surface area (Å²) < 4.78 is 7.80. The van der Waals surface area contributed by atoms with E-state index in [1.165, 1.54) is 16.7 Å². The van der Waals surface area contributed by atoms with E-state index in [0.29, 0.717) is 13.2 Å². The first kappa shape index (κ1) is 15.8. The normalized spacial score (nSPS) is 17.2. The van der Waals surface area contributed by atoms with Gasteiger partial charge in [-0.25, -0.2) is 4.68 Å². The van der Waals surface area contributed by atoms with Crippen LogP contribution in [0.25, 0.3) is 0 Å². The minimum absolute atomic E-state index is 0.172. The zero-order valence-corrected chi connectivity index (χ0v) is 14.6. The summed E-state index contributed by atoms with van der Waals surface area (Å²) in [6.07, 6.45) is 1.81. The lowest BCUT2D eigenvalue weighted by atomic mass is 10.1. The molecule has 0 aliphatic carbocycles. The summed E-state index contributed by atoms with van der Waals surface area (Å²) in [5, 5.41) is 8.64. The minimum atomic E-state index is -0.172. The molecule has 0 spiro atoms. The van der Waals surface area contributed by atoms with Gasteiger partial charge in [0.05, 0.1) is 19.3 Å². The average molecular weight is 334 g/mol. The van der Waals surface area contributed by atoms with Gasteiger partial charge in [0.1, 0.15) is 5.69 Å². The van der Waals surface area contributed by atoms with E-state index in [-0.39, 0.29) is 6.23 Å². The molecule has 4 rings (SSSR count). The highest BCUT2D eigenvalue weighted by molar-refractivity contribution is 5.49. The van der Waals surface area contributed by atoms with Gasteiger partial charge in [-0.2, -0.15) is 0 Å². The van der Waals surface area contributed by atoms with Crippen LogP contribution in [0.15, 0.2) is 54.7 Å². The second kappa shape index (κ2) is 6.69. The molecular formula is C20H22N4O. The van der Waals surface area contributed by atoms with Crippen molar-refractivity contribution in [2.24, 2.45) is 0 Å². The van der Waals surface area contributed by atoms with Crippen molar-refractivity contribution in [2.75, 3.05) is 18.1 Å². The van der Waals surface area contributed by atoms with Crippen molar-refractivity contribution in [1.29, 1.82) is 0 Å². The summed E-state index contributed by atoms with van der Waals surface area (Å²) >= 11 is 0. The molecule has 5 heteroatoms. The molecule has 1 saturated heterocycles. The van der Waals surface area contributed by atoms with E-state index in [0.717, 1.165) is 17.9 Å². The van der Waals surface area contributed by atoms with E-state index >= 15 is 0 Å². The van der Waals surface area contributed by atoms with E-state index in [9.17, 15) is 0 Å². The molecule has 0 saturated carbocycles. The Labute approximate surface area is 147 Å². The molecule has 1 fully saturated rings. The molecule has 1 aliphatic rings. The molecule has 0 radical (unpaired) electrons. The molecule has 25 heavy (non-hydrogen) atoms. The molecule has 3 aromatic rings. The number of benzene rings is 2. The zero-order chi connectivity index (χ0) is 17.2. The summed E-state index contributed by atoms with van der Waals surface area (Å²) in [4.78, 5) is 2.24. The topological polar surface area (TPSA) is 43.2 Å². The lowest BCUT2D eigenvalue weighted by Gasteiger charge is -2.23. The van der Waals surface area contributed by atoms with Crippen LogP contribution in [0.3, 0.4) is 0 Å². The Morgan fingerprint density at radius 2 is 1.92 bits per heavy atom. The Balaban J connectivity index is 1.53. The Morgan fingerprint density at radius 1 is 1.08 bits per heavy atom. The molecule has 0 unspecified atom stereocenters. The lowest BCUT2D eigenvalue weighted by Crippen LogP contribution is -2.23. The van der Waals surface area contributed by atoms with Gasteiger partial charge < -0.3 is 9.64 Å². The highest BCUT2D eigenvalue weighted by atomic mass is 16.5. The van der Waals surface area contributed by atoms with Crippen LogP contribution in [-0.2, 0) is 11.3 Å². The Hall–Kier alpha value is -2.66. The average Bonchev–Trinajstić information content (AvgIpc) is 3.24. The second-order valence-electron chi connectivity index (χ2n) is 6.58. The van der Waals surface area contributed by atoms with E-state index in [1.807, 2.05) is 10.9 Å². The molecule has 1 aliphatic heterocycles. The molecule has 128 valence electrons. The summed E-state index contributed by atoms with van der Waals surface area (Å²) in [6.45, 7) is 6.47. The van der Waals surface area contributed by atoms with Crippen LogP contribution in [-0.4, -0.2) is 28.1 Å². The second-order valence-corrected chi connectivity index (χ2v) is 6.58. The Kier molecular flexibility index (Phi) is 4.24. The number of rotatable bonds is 4. The van der Waals surface area contributed by atoms with Gasteiger partial charge in [0.2, 0.25) is 0 Å². The van der Waals surface area contributed by atoms with Crippen molar-refractivity contribution < 1.29 is 4.74 Å². The first-order valence-corrected chi connectivity index (χ1v) is 8.59. The van der Waals surface area contributed by atoms with E-state index in [4.69, 9.17) is 4.74 Å². The lowest BCUT2D eigenvalue weighted by molar-refractivity contribution is 0.110. The minimum Gasteiger partial charge on any atom is -0.350 e. The van der Waals surface area contributed by atoms with Crippen LogP contribution in [0.1, 0.15) is 28.6 Å². The predicted octanol–water partition coefficient (Wildman–Crippen LogP) is 3.48. The van der Waals surface area contributed by atoms with Crippen molar-refractivity contribution in [3.05, 3.63) is 77.1 Å². The van der Waals surface area contributed by atoms with Crippen molar-refractivity contribution in [3.63, 3.8) is 0 Å². The molecule has 5 nitrogen and oxygen atoms in total. The van der Waals surface area contributed by atoms with E-state index in [2.05, 4.69) is 77.6 Å². The smallest absolute Gasteiger partial charge is 0.177 e. The van der Waals surface area contributed by atoms with Crippen LogP contribution in [0, 0.1) is 13.8 Å². The maximum atomic E-state index is 5.93. The van der Waals surface area contributed by atoms with Crippen LogP contribution >= 0.6 is 0 Å². The third kappa shape index (κ3) is 3.42. The number of hydrogen-bond acceptors (Lipinski definition) is 4. The van der Waals surface area contributed by atoms with Crippen LogP contribution in [0.2, 0.25) is 0 Å². The number of hydrogen-bond donors (Lipinski definition) is 0. The number of aryl methyl sites for hydroxylation is 2. The molecule has 0 N–H and O–H groups in total. The van der Waals surface area contributed by atoms with Crippen LogP contribution in [0.5, 0.6) is 0 Å². The fourth-order valence-corrected chi connectivity index (χ4v) is 3.22. The van der Waals surface area contributed by atoms with Crippen LogP contribution < -0.4 is 4.90 Å². The molecule has 0 bridgehead atoms. The number of aromatic nitrogens is 3. The van der Waals surface area contributed by atoms with Gasteiger partial charge >= 0.3 is 0 Å². The quantitative estimate of drug-likeness (QED) is 0.733. The van der Waals surface area contributed by atoms with Crippen molar-refractivity contribution >= 4 is 5.69 Å². The third-order valence-electron chi connectivity index (χ3n) is 4.49. The van der Waals surface area contributed by atoms with Crippen molar-refractivity contribution in [3.8, 4) is 0 Å². The Bertz CT molecular complexity index is 856. The van der Waals surface area contributed by atoms with Crippen molar-refractivity contribution in [2.45, 2.75) is 26.6 Å². The number of ether oxygens (including phenoxy) is 1. The zero-order valence-electron chi connectivity index (χ0n) is 14.6. The van der Waals surface area contributed by atoms with Gasteiger partial charge in [0.15, 0.2) is 6.23 Å². The number of nitrogens with zero attached hydrogens (tertiary/aromatic N) is 4. The third-order valence-corrected chi connectivity index (χ3v) is 4.49. The first-order valence-electron chi connectivity index (χ1n) is 8.59. The van der Waals surface area contributed by atoms with Gasteiger partial charge in [-0.1, -0.05) is 52.7 Å². The molecule has 0 amide bonds. The van der Waals surface area contributed by atoms with Crippen LogP contribution in [0.4, 0.5) is 5.69 Å². The van der Waals surface area contributed by atoms with Gasteiger partial charge in [-0.05, 0) is 31.5 Å². The molecule has 1 atom stereocenters. The summed E-state index contributed by atoms with van der Waals surface area (Å²) in [6, 6.07) is 17.0. The highest BCUT2D eigenvalue weighted by Crippen LogP contribution is 2.31. The fraction of sp³-hybridized carbons (Fsp3) is 0.300. The SMILES string of the molecule is Cc1ccc(N2CCO[C@H]2c2cn(Cc3cccc(C)c3)nn2)cc1. The first-order chi connectivity index (χ1) is 12.2. The van der Waals surface area contributed by atoms with E-state index < -0.39 is 0 Å². The molecule has 1 aromatic heterocycles. The van der Waals surface area contributed by atoms with Crippen molar-refractivity contribution in [1.82, 2.24) is 15.0 Å². The van der Waals surface area contributed by atoms with Gasteiger partial charge in [-0.15, -0.1) is 5.10 Å². The van der Waals surface area contributed by atoms with Gasteiger partial charge in [-0.3, -0.25) is 0 Å². The fourth-order valence-electron chi connectivity index (χ4n) is 3.22. The predicted molar refractivity (Wildman–Crippen MR) is 97.5 cm³/mol. The summed E-state index contributed by atoms with van der Waals surface area (Å²) in [7, 11) is 0. The summed E-state index contributed by atoms with van der Waals surface area (Å²) in [5.41, 5.74) is 5.73. The summed E-state index contributed by atoms with van der Waals surface area (Å²) in [5.74, 6) is 0. The molecule has 2 aromatic carbocycles. The van der Waals surface area contributed by atoms with Gasteiger partial charge in [0.25, 0.3) is 0 Å². The molecular weight excluding hydrogens is 312 g/mol. The maximum absolute atomic E-state index is 5.93. The maximum Gasteiger partial charge on any atom is 0.177 e. The largest absolute Gasteiger partial charge is 0.350 e. The highest BCUT2D eigenvalue weighted by Gasteiger charge is 2.29. The monoisotopic (exact) mass is 334 g/mol.